The van der Waals surface area contributed by atoms with Crippen LogP contribution in [0.1, 0.15) is 43.2 Å². The molecule has 0 amide bonds. The number of aromatic nitrogens is 1. The summed E-state index contributed by atoms with van der Waals surface area (Å²) in [6.07, 6.45) is 4.63. The van der Waals surface area contributed by atoms with Crippen LogP contribution in [0.15, 0.2) is 9.52 Å². The summed E-state index contributed by atoms with van der Waals surface area (Å²) in [5.74, 6) is 3.11. The fraction of sp³-hybridized carbons (Fsp3) is 0.750. The van der Waals surface area contributed by atoms with Crippen molar-refractivity contribution in [2.45, 2.75) is 51.2 Å². The van der Waals surface area contributed by atoms with Crippen LogP contribution in [-0.4, -0.2) is 41.8 Å². The van der Waals surface area contributed by atoms with Crippen LogP contribution in [0.3, 0.4) is 0 Å². The van der Waals surface area contributed by atoms with E-state index in [0.29, 0.717) is 4.75 Å². The number of aryl methyl sites for hydroxylation is 2. The Balaban J connectivity index is 1.68. The minimum Gasteiger partial charge on any atom is -0.361 e. The third-order valence-corrected chi connectivity index (χ3v) is 5.77. The Morgan fingerprint density at radius 1 is 1.41 bits per heavy atom. The molecule has 0 aromatic carbocycles. The lowest BCUT2D eigenvalue weighted by atomic mass is 10.1. The number of rotatable bonds is 6. The number of thioether (sulfide) groups is 1. The Morgan fingerprint density at radius 2 is 2.23 bits per heavy atom. The van der Waals surface area contributed by atoms with Gasteiger partial charge in [0.05, 0.1) is 5.69 Å². The molecule has 2 heterocycles. The van der Waals surface area contributed by atoms with Crippen molar-refractivity contribution in [3.63, 3.8) is 0 Å². The van der Waals surface area contributed by atoms with E-state index in [4.69, 9.17) is 4.52 Å². The second kappa shape index (κ2) is 7.90. The number of hydrogen-bond donors (Lipinski definition) is 2. The number of nitrogens with zero attached hydrogens (tertiary/aromatic N) is 2. The smallest absolute Gasteiger partial charge is 0.191 e. The van der Waals surface area contributed by atoms with Crippen molar-refractivity contribution < 1.29 is 4.52 Å². The van der Waals surface area contributed by atoms with Gasteiger partial charge >= 0.3 is 0 Å². The van der Waals surface area contributed by atoms with Crippen molar-refractivity contribution in [1.29, 1.82) is 0 Å². The van der Waals surface area contributed by atoms with E-state index in [1.54, 1.807) is 0 Å². The molecule has 0 radical (unpaired) electrons. The summed E-state index contributed by atoms with van der Waals surface area (Å²) in [7, 11) is 1.83. The Hall–Kier alpha value is -1.17. The molecule has 1 aliphatic heterocycles. The van der Waals surface area contributed by atoms with Gasteiger partial charge in [0.2, 0.25) is 0 Å². The molecule has 1 aromatic heterocycles. The molecule has 22 heavy (non-hydrogen) atoms. The van der Waals surface area contributed by atoms with Gasteiger partial charge in [-0.05, 0) is 52.2 Å². The highest BCUT2D eigenvalue weighted by molar-refractivity contribution is 8.00. The number of guanidine groups is 1. The van der Waals surface area contributed by atoms with Crippen molar-refractivity contribution in [2.75, 3.05) is 25.9 Å². The minimum atomic E-state index is 0.355. The first-order valence-electron chi connectivity index (χ1n) is 8.04. The Kier molecular flexibility index (Phi) is 6.17. The van der Waals surface area contributed by atoms with Crippen molar-refractivity contribution in [2.24, 2.45) is 4.99 Å². The first kappa shape index (κ1) is 17.2. The normalized spacial score (nSPS) is 22.1. The molecule has 1 fully saturated rings. The van der Waals surface area contributed by atoms with E-state index in [1.807, 2.05) is 20.9 Å². The summed E-state index contributed by atoms with van der Waals surface area (Å²) in [5.41, 5.74) is 2.24. The van der Waals surface area contributed by atoms with Crippen molar-refractivity contribution >= 4 is 17.7 Å². The molecule has 0 aliphatic carbocycles. The molecular weight excluding hydrogens is 296 g/mol. The fourth-order valence-electron chi connectivity index (χ4n) is 2.80. The third-order valence-electron chi connectivity index (χ3n) is 4.23. The summed E-state index contributed by atoms with van der Waals surface area (Å²) in [6.45, 7) is 8.18. The van der Waals surface area contributed by atoms with Gasteiger partial charge in [-0.3, -0.25) is 4.99 Å². The molecule has 5 nitrogen and oxygen atoms in total. The molecule has 1 atom stereocenters. The van der Waals surface area contributed by atoms with Crippen molar-refractivity contribution in [3.05, 3.63) is 17.0 Å². The van der Waals surface area contributed by atoms with E-state index in [0.717, 1.165) is 43.3 Å². The van der Waals surface area contributed by atoms with E-state index < -0.39 is 0 Å². The Labute approximate surface area is 137 Å². The monoisotopic (exact) mass is 324 g/mol. The maximum absolute atomic E-state index is 5.19. The molecule has 124 valence electrons. The van der Waals surface area contributed by atoms with Gasteiger partial charge in [-0.25, -0.2) is 0 Å². The lowest BCUT2D eigenvalue weighted by Gasteiger charge is -2.24. The highest BCUT2D eigenvalue weighted by Crippen LogP contribution is 2.36. The second-order valence-corrected chi connectivity index (χ2v) is 7.84. The first-order valence-corrected chi connectivity index (χ1v) is 9.03. The Morgan fingerprint density at radius 3 is 2.82 bits per heavy atom. The molecule has 0 spiro atoms. The van der Waals surface area contributed by atoms with Crippen LogP contribution in [0.5, 0.6) is 0 Å². The van der Waals surface area contributed by atoms with Crippen LogP contribution in [0.2, 0.25) is 0 Å². The van der Waals surface area contributed by atoms with E-state index in [2.05, 4.69) is 39.5 Å². The van der Waals surface area contributed by atoms with Crippen LogP contribution in [0.4, 0.5) is 0 Å². The SMILES string of the molecule is CN=C(NCCCc1c(C)noc1C)NCC1(C)CCCS1. The zero-order valence-electron chi connectivity index (χ0n) is 14.2. The lowest BCUT2D eigenvalue weighted by Crippen LogP contribution is -2.43. The lowest BCUT2D eigenvalue weighted by molar-refractivity contribution is 0.392. The van der Waals surface area contributed by atoms with Crippen molar-refractivity contribution in [1.82, 2.24) is 15.8 Å². The molecule has 1 aliphatic rings. The minimum absolute atomic E-state index is 0.355. The van der Waals surface area contributed by atoms with Crippen LogP contribution < -0.4 is 10.6 Å². The van der Waals surface area contributed by atoms with E-state index >= 15 is 0 Å². The van der Waals surface area contributed by atoms with Crippen molar-refractivity contribution in [3.8, 4) is 0 Å². The summed E-state index contributed by atoms with van der Waals surface area (Å²) < 4.78 is 5.55. The molecule has 0 bridgehead atoms. The maximum Gasteiger partial charge on any atom is 0.191 e. The molecule has 2 N–H and O–H groups in total. The summed E-state index contributed by atoms with van der Waals surface area (Å²) in [6, 6.07) is 0. The number of hydrogen-bond acceptors (Lipinski definition) is 4. The molecule has 0 saturated carbocycles. The van der Waals surface area contributed by atoms with Gasteiger partial charge in [0.25, 0.3) is 0 Å². The number of aliphatic imine (C=N–C) groups is 1. The Bertz CT molecular complexity index is 487. The second-order valence-electron chi connectivity index (χ2n) is 6.16. The average molecular weight is 324 g/mol. The predicted octanol–water partition coefficient (Wildman–Crippen LogP) is 2.67. The van der Waals surface area contributed by atoms with E-state index in [-0.39, 0.29) is 0 Å². The van der Waals surface area contributed by atoms with Crippen LogP contribution >= 0.6 is 11.8 Å². The molecule has 6 heteroatoms. The zero-order valence-corrected chi connectivity index (χ0v) is 15.0. The van der Waals surface area contributed by atoms with Gasteiger partial charge in [-0.2, -0.15) is 11.8 Å². The highest BCUT2D eigenvalue weighted by atomic mass is 32.2. The topological polar surface area (TPSA) is 62.5 Å². The first-order chi connectivity index (χ1) is 10.5. The molecular formula is C16H28N4OS. The third kappa shape index (κ3) is 4.66. The summed E-state index contributed by atoms with van der Waals surface area (Å²) in [5, 5.41) is 10.8. The fourth-order valence-corrected chi connectivity index (χ4v) is 4.04. The van der Waals surface area contributed by atoms with Gasteiger partial charge in [-0.15, -0.1) is 0 Å². The quantitative estimate of drug-likeness (QED) is 0.478. The molecule has 1 unspecified atom stereocenters. The molecule has 1 aromatic rings. The van der Waals surface area contributed by atoms with Crippen LogP contribution in [0, 0.1) is 13.8 Å². The molecule has 1 saturated heterocycles. The average Bonchev–Trinajstić information content (AvgIpc) is 3.07. The molecule has 2 rings (SSSR count). The zero-order chi connectivity index (χ0) is 16.0. The van der Waals surface area contributed by atoms with Crippen LogP contribution in [-0.2, 0) is 6.42 Å². The van der Waals surface area contributed by atoms with Gasteiger partial charge < -0.3 is 15.2 Å². The maximum atomic E-state index is 5.19. The standard InChI is InChI=1S/C16H28N4OS/c1-12-14(13(2)21-20-12)7-5-9-18-15(17-4)19-11-16(3)8-6-10-22-16/h5-11H2,1-4H3,(H2,17,18,19). The highest BCUT2D eigenvalue weighted by Gasteiger charge is 2.29. The van der Waals surface area contributed by atoms with Gasteiger partial charge in [0.1, 0.15) is 5.76 Å². The number of nitrogens with one attached hydrogen (secondary N) is 2. The summed E-state index contributed by atoms with van der Waals surface area (Å²) in [4.78, 5) is 4.30. The van der Waals surface area contributed by atoms with Gasteiger partial charge in [0.15, 0.2) is 5.96 Å². The van der Waals surface area contributed by atoms with E-state index in [9.17, 15) is 0 Å². The van der Waals surface area contributed by atoms with Crippen LogP contribution in [0.25, 0.3) is 0 Å². The van der Waals surface area contributed by atoms with Gasteiger partial charge in [0, 0.05) is 30.4 Å². The summed E-state index contributed by atoms with van der Waals surface area (Å²) >= 11 is 2.06. The predicted molar refractivity (Wildman–Crippen MR) is 93.8 cm³/mol. The van der Waals surface area contributed by atoms with Gasteiger partial charge in [-0.1, -0.05) is 5.16 Å². The largest absolute Gasteiger partial charge is 0.361 e. The van der Waals surface area contributed by atoms with E-state index in [1.165, 1.54) is 24.2 Å².